The van der Waals surface area contributed by atoms with E-state index < -0.39 is 75.3 Å². The lowest BCUT2D eigenvalue weighted by Crippen LogP contribution is -2.28. The van der Waals surface area contributed by atoms with Gasteiger partial charge < -0.3 is 14.2 Å². The molecule has 37 heavy (non-hydrogen) atoms. The van der Waals surface area contributed by atoms with Gasteiger partial charge in [-0.2, -0.15) is 8.78 Å². The van der Waals surface area contributed by atoms with E-state index in [0.29, 0.717) is 24.3 Å². The molecular weight excluding hydrogens is 512 g/mol. The minimum absolute atomic E-state index is 0.0825. The van der Waals surface area contributed by atoms with Crippen LogP contribution in [0.5, 0.6) is 5.75 Å². The zero-order valence-electron chi connectivity index (χ0n) is 19.3. The second kappa shape index (κ2) is 10.7. The third kappa shape index (κ3) is 5.57. The van der Waals surface area contributed by atoms with Gasteiger partial charge in [-0.25, -0.2) is 26.3 Å². The smallest absolute Gasteiger partial charge is 0.429 e. The normalized spacial score (nSPS) is 18.2. The Balaban J connectivity index is 1.54. The van der Waals surface area contributed by atoms with Crippen LogP contribution in [-0.4, -0.2) is 13.2 Å². The van der Waals surface area contributed by atoms with Crippen molar-refractivity contribution in [3.05, 3.63) is 88.5 Å². The van der Waals surface area contributed by atoms with E-state index in [9.17, 15) is 35.1 Å². The molecule has 0 spiro atoms. The number of benzene rings is 3. The number of rotatable bonds is 7. The van der Waals surface area contributed by atoms with Crippen molar-refractivity contribution in [2.24, 2.45) is 5.92 Å². The molecule has 0 aliphatic carbocycles. The van der Waals surface area contributed by atoms with Gasteiger partial charge in [0.15, 0.2) is 35.4 Å². The number of ether oxygens (including phenoxy) is 3. The summed E-state index contributed by atoms with van der Waals surface area (Å²) in [6.07, 6.45) is -4.02. The minimum atomic E-state index is -4.44. The molecule has 0 bridgehead atoms. The molecule has 4 rings (SSSR count). The van der Waals surface area contributed by atoms with Gasteiger partial charge in [0.2, 0.25) is 0 Å². The van der Waals surface area contributed by atoms with E-state index in [-0.39, 0.29) is 19.1 Å². The lowest BCUT2D eigenvalue weighted by atomic mass is 10.0. The Morgan fingerprint density at radius 3 is 2.05 bits per heavy atom. The van der Waals surface area contributed by atoms with Gasteiger partial charge in [-0.15, -0.1) is 0 Å². The monoisotopic (exact) mass is 532 g/mol. The molecule has 3 aromatic rings. The van der Waals surface area contributed by atoms with Crippen LogP contribution in [0.4, 0.5) is 35.1 Å². The summed E-state index contributed by atoms with van der Waals surface area (Å²) in [5.74, 6) is -10.4. The number of halogens is 8. The Labute approximate surface area is 206 Å². The van der Waals surface area contributed by atoms with Crippen molar-refractivity contribution in [2.45, 2.75) is 32.2 Å². The lowest BCUT2D eigenvalue weighted by Gasteiger charge is -2.30. The molecule has 1 aliphatic heterocycles. The number of hydrogen-bond donors (Lipinski definition) is 0. The second-order valence-electron chi connectivity index (χ2n) is 8.50. The van der Waals surface area contributed by atoms with Crippen LogP contribution in [0, 0.1) is 40.8 Å². The summed E-state index contributed by atoms with van der Waals surface area (Å²) < 4.78 is 129. The fourth-order valence-corrected chi connectivity index (χ4v) is 3.98. The maximum atomic E-state index is 14.7. The Morgan fingerprint density at radius 1 is 0.811 bits per heavy atom. The van der Waals surface area contributed by atoms with E-state index in [4.69, 9.17) is 9.47 Å². The summed E-state index contributed by atoms with van der Waals surface area (Å²) in [7, 11) is 0. The highest BCUT2D eigenvalue weighted by molar-refractivity contribution is 5.65. The van der Waals surface area contributed by atoms with Crippen LogP contribution >= 0.6 is 0 Å². The molecule has 198 valence electrons. The SMILES string of the molecule is CCCC1COC(c2ccc(C(F)(F)Oc3ccc(-c4cc(F)c(F)c(F)c4)c(F)c3)c(F)c2F)OC1. The van der Waals surface area contributed by atoms with Crippen LogP contribution in [0.3, 0.4) is 0 Å². The highest BCUT2D eigenvalue weighted by Gasteiger charge is 2.40. The van der Waals surface area contributed by atoms with E-state index in [1.165, 1.54) is 0 Å². The highest BCUT2D eigenvalue weighted by atomic mass is 19.3. The standard InChI is InChI=1S/C26H20F8O3/c1-2-3-13-11-35-25(36-12-13)17-6-7-18(23(31)22(17)30)26(33,34)37-15-4-5-16(19(27)10-15)14-8-20(28)24(32)21(29)9-14/h4-10,13,25H,2-3,11-12H2,1H3. The Bertz CT molecular complexity index is 1270. The summed E-state index contributed by atoms with van der Waals surface area (Å²) in [4.78, 5) is 0. The molecule has 1 aliphatic rings. The largest absolute Gasteiger partial charge is 0.429 e. The Hall–Kier alpha value is -3.18. The van der Waals surface area contributed by atoms with Gasteiger partial charge in [0.25, 0.3) is 0 Å². The molecule has 0 unspecified atom stereocenters. The van der Waals surface area contributed by atoms with Crippen LogP contribution in [0.1, 0.15) is 37.2 Å². The van der Waals surface area contributed by atoms with Crippen molar-refractivity contribution in [1.82, 2.24) is 0 Å². The molecule has 1 saturated heterocycles. The third-order valence-electron chi connectivity index (χ3n) is 5.82. The molecule has 1 fully saturated rings. The van der Waals surface area contributed by atoms with Gasteiger partial charge in [-0.05, 0) is 42.3 Å². The maximum Gasteiger partial charge on any atom is 0.429 e. The first-order valence-electron chi connectivity index (χ1n) is 11.2. The van der Waals surface area contributed by atoms with Crippen LogP contribution in [0.25, 0.3) is 11.1 Å². The van der Waals surface area contributed by atoms with Crippen molar-refractivity contribution >= 4 is 0 Å². The molecule has 0 saturated carbocycles. The van der Waals surface area contributed by atoms with E-state index in [1.807, 2.05) is 6.92 Å². The van der Waals surface area contributed by atoms with E-state index >= 15 is 0 Å². The van der Waals surface area contributed by atoms with Gasteiger partial charge in [0, 0.05) is 23.1 Å². The molecule has 0 radical (unpaired) electrons. The fourth-order valence-electron chi connectivity index (χ4n) is 3.98. The van der Waals surface area contributed by atoms with Crippen molar-refractivity contribution < 1.29 is 49.3 Å². The fraction of sp³-hybridized carbons (Fsp3) is 0.308. The summed E-state index contributed by atoms with van der Waals surface area (Å²) >= 11 is 0. The first-order chi connectivity index (χ1) is 17.5. The molecule has 3 nitrogen and oxygen atoms in total. The van der Waals surface area contributed by atoms with Crippen LogP contribution < -0.4 is 4.74 Å². The van der Waals surface area contributed by atoms with Gasteiger partial charge in [-0.3, -0.25) is 0 Å². The Morgan fingerprint density at radius 2 is 1.46 bits per heavy atom. The van der Waals surface area contributed by atoms with Crippen LogP contribution in [0.2, 0.25) is 0 Å². The number of alkyl halides is 2. The molecular formula is C26H20F8O3. The van der Waals surface area contributed by atoms with E-state index in [2.05, 4.69) is 4.74 Å². The quantitative estimate of drug-likeness (QED) is 0.230. The van der Waals surface area contributed by atoms with Crippen molar-refractivity contribution in [3.8, 4) is 16.9 Å². The third-order valence-corrected chi connectivity index (χ3v) is 5.82. The first-order valence-corrected chi connectivity index (χ1v) is 11.2. The van der Waals surface area contributed by atoms with E-state index in [0.717, 1.165) is 31.0 Å². The van der Waals surface area contributed by atoms with Crippen LogP contribution in [0.15, 0.2) is 42.5 Å². The molecule has 1 heterocycles. The van der Waals surface area contributed by atoms with Crippen molar-refractivity contribution in [2.75, 3.05) is 13.2 Å². The predicted octanol–water partition coefficient (Wildman–Crippen LogP) is 7.78. The molecule has 3 aromatic carbocycles. The average Bonchev–Trinajstić information content (AvgIpc) is 2.84. The van der Waals surface area contributed by atoms with Gasteiger partial charge in [-0.1, -0.05) is 19.4 Å². The van der Waals surface area contributed by atoms with Gasteiger partial charge >= 0.3 is 6.11 Å². The molecule has 11 heteroatoms. The summed E-state index contributed by atoms with van der Waals surface area (Å²) in [6, 6.07) is 4.68. The van der Waals surface area contributed by atoms with Crippen molar-refractivity contribution in [1.29, 1.82) is 0 Å². The van der Waals surface area contributed by atoms with Gasteiger partial charge in [0.1, 0.15) is 17.1 Å². The van der Waals surface area contributed by atoms with E-state index in [1.54, 1.807) is 0 Å². The summed E-state index contributed by atoms with van der Waals surface area (Å²) in [5.41, 5.74) is -2.70. The predicted molar refractivity (Wildman–Crippen MR) is 116 cm³/mol. The molecule has 0 aromatic heterocycles. The summed E-state index contributed by atoms with van der Waals surface area (Å²) in [5, 5.41) is 0. The van der Waals surface area contributed by atoms with Gasteiger partial charge in [0.05, 0.1) is 13.2 Å². The lowest BCUT2D eigenvalue weighted by molar-refractivity contribution is -0.207. The minimum Gasteiger partial charge on any atom is -0.429 e. The topological polar surface area (TPSA) is 27.7 Å². The summed E-state index contributed by atoms with van der Waals surface area (Å²) in [6.45, 7) is 2.44. The maximum absolute atomic E-state index is 14.7. The molecule has 0 N–H and O–H groups in total. The molecule has 0 atom stereocenters. The highest BCUT2D eigenvalue weighted by Crippen LogP contribution is 2.38. The average molecular weight is 532 g/mol. The molecule has 0 amide bonds. The first kappa shape index (κ1) is 26.9. The zero-order chi connectivity index (χ0) is 26.9. The van der Waals surface area contributed by atoms with Crippen molar-refractivity contribution in [3.63, 3.8) is 0 Å². The zero-order valence-corrected chi connectivity index (χ0v) is 19.3. The second-order valence-corrected chi connectivity index (χ2v) is 8.50. The number of hydrogen-bond acceptors (Lipinski definition) is 3. The Kier molecular flexibility index (Phi) is 7.75. The van der Waals surface area contributed by atoms with Crippen LogP contribution in [-0.2, 0) is 15.6 Å².